The summed E-state index contributed by atoms with van der Waals surface area (Å²) >= 11 is 0. The monoisotopic (exact) mass is 560 g/mol. The molecule has 2 amide bonds. The summed E-state index contributed by atoms with van der Waals surface area (Å²) in [5.41, 5.74) is 2.26. The normalized spacial score (nSPS) is 21.2. The number of carbonyl (C=O) groups excluding carboxylic acids is 2. The Morgan fingerprint density at radius 2 is 1.15 bits per heavy atom. The fourth-order valence-electron chi connectivity index (χ4n) is 5.99. The number of carbonyl (C=O) groups is 2. The molecule has 0 aliphatic carbocycles. The summed E-state index contributed by atoms with van der Waals surface area (Å²) in [6, 6.07) is 7.08. The van der Waals surface area contributed by atoms with E-state index in [1.165, 1.54) is 0 Å². The number of rotatable bonds is 8. The van der Waals surface area contributed by atoms with Gasteiger partial charge < -0.3 is 28.7 Å². The number of amides is 2. The number of ether oxygens (including phenoxy) is 4. The van der Waals surface area contributed by atoms with Gasteiger partial charge in [0.1, 0.15) is 0 Å². The van der Waals surface area contributed by atoms with Gasteiger partial charge in [-0.3, -0.25) is 19.6 Å². The predicted octanol–water partition coefficient (Wildman–Crippen LogP) is 4.97. The lowest BCUT2D eigenvalue weighted by Gasteiger charge is -2.32. The average molecular weight is 561 g/mol. The molecule has 6 rings (SSSR count). The Hall–Kier alpha value is -4.08. The number of fused-ring (bicyclic) bond motifs is 4. The Labute approximate surface area is 239 Å². The number of aliphatic imine (C=N–C) groups is 2. The maximum atomic E-state index is 13.2. The fourth-order valence-corrected chi connectivity index (χ4v) is 5.99. The van der Waals surface area contributed by atoms with E-state index in [9.17, 15) is 9.59 Å². The summed E-state index contributed by atoms with van der Waals surface area (Å²) < 4.78 is 23.2. The smallest absolute Gasteiger partial charge is 0.256 e. The van der Waals surface area contributed by atoms with Crippen molar-refractivity contribution in [3.05, 3.63) is 35.4 Å². The van der Waals surface area contributed by atoms with Crippen LogP contribution in [0.5, 0.6) is 23.0 Å². The quantitative estimate of drug-likeness (QED) is 0.423. The third-order valence-electron chi connectivity index (χ3n) is 8.22. The largest absolute Gasteiger partial charge is 0.493 e. The van der Waals surface area contributed by atoms with Gasteiger partial charge in [0.25, 0.3) is 11.8 Å². The summed E-state index contributed by atoms with van der Waals surface area (Å²) in [4.78, 5) is 39.5. The van der Waals surface area contributed by atoms with E-state index >= 15 is 0 Å². The summed E-state index contributed by atoms with van der Waals surface area (Å²) in [5.74, 6) is 2.02. The fraction of sp³-hybridized carbons (Fsp3) is 0.484. The van der Waals surface area contributed by atoms with E-state index in [-0.39, 0.29) is 23.9 Å². The molecule has 4 heterocycles. The zero-order valence-corrected chi connectivity index (χ0v) is 23.6. The van der Waals surface area contributed by atoms with Gasteiger partial charge in [-0.1, -0.05) is 0 Å². The van der Waals surface area contributed by atoms with Gasteiger partial charge in [0.15, 0.2) is 23.0 Å². The molecule has 0 saturated carbocycles. The molecule has 4 aliphatic heterocycles. The number of piperidine rings is 2. The summed E-state index contributed by atoms with van der Waals surface area (Å²) in [6.07, 6.45) is 10.4. The van der Waals surface area contributed by atoms with Crippen LogP contribution in [0.3, 0.4) is 0 Å². The van der Waals surface area contributed by atoms with Gasteiger partial charge in [0, 0.05) is 44.1 Å². The average Bonchev–Trinajstić information content (AvgIpc) is 3.23. The van der Waals surface area contributed by atoms with Gasteiger partial charge in [-0.25, -0.2) is 0 Å². The van der Waals surface area contributed by atoms with Crippen molar-refractivity contribution in [2.24, 2.45) is 9.98 Å². The van der Waals surface area contributed by atoms with Crippen molar-refractivity contribution < 1.29 is 28.5 Å². The van der Waals surface area contributed by atoms with Crippen LogP contribution >= 0.6 is 0 Å². The first-order chi connectivity index (χ1) is 20.1. The molecular formula is C31H36N4O6. The van der Waals surface area contributed by atoms with Crippen molar-refractivity contribution >= 4 is 35.6 Å². The highest BCUT2D eigenvalue weighted by Gasteiger charge is 2.32. The molecule has 2 saturated heterocycles. The van der Waals surface area contributed by atoms with Crippen molar-refractivity contribution in [2.75, 3.05) is 40.5 Å². The van der Waals surface area contributed by atoms with Crippen LogP contribution in [0.2, 0.25) is 0 Å². The van der Waals surface area contributed by atoms with E-state index in [0.717, 1.165) is 51.6 Å². The molecule has 2 aromatic carbocycles. The van der Waals surface area contributed by atoms with Crippen molar-refractivity contribution in [1.82, 2.24) is 9.80 Å². The maximum absolute atomic E-state index is 13.2. The first-order valence-electron chi connectivity index (χ1n) is 14.5. The predicted molar refractivity (Wildman–Crippen MR) is 155 cm³/mol. The molecule has 2 fully saturated rings. The zero-order chi connectivity index (χ0) is 28.3. The third-order valence-corrected chi connectivity index (χ3v) is 8.22. The Morgan fingerprint density at radius 1 is 0.683 bits per heavy atom. The molecule has 0 aromatic heterocycles. The molecule has 0 spiro atoms. The number of methoxy groups -OCH3 is 2. The van der Waals surface area contributed by atoms with Gasteiger partial charge in [-0.15, -0.1) is 0 Å². The number of hydrogen-bond acceptors (Lipinski definition) is 8. The van der Waals surface area contributed by atoms with Gasteiger partial charge in [-0.2, -0.15) is 0 Å². The minimum absolute atomic E-state index is 0.0165. The van der Waals surface area contributed by atoms with Crippen LogP contribution in [0.4, 0.5) is 11.4 Å². The van der Waals surface area contributed by atoms with Crippen LogP contribution in [-0.4, -0.2) is 86.6 Å². The maximum Gasteiger partial charge on any atom is 0.256 e. The molecule has 41 heavy (non-hydrogen) atoms. The van der Waals surface area contributed by atoms with E-state index in [4.69, 9.17) is 18.9 Å². The first-order valence-corrected chi connectivity index (χ1v) is 14.5. The van der Waals surface area contributed by atoms with E-state index in [1.807, 2.05) is 22.2 Å². The van der Waals surface area contributed by atoms with Gasteiger partial charge >= 0.3 is 0 Å². The van der Waals surface area contributed by atoms with Crippen LogP contribution in [0.15, 0.2) is 34.3 Å². The SMILES string of the molecule is COc1cc2c(cc1OCCCOc1cc3c(cc1OC)C(=O)N1CCCC[C@H]1C=N3)N=C[C@@H]1CCCCN1C2=O. The number of hydrogen-bond donors (Lipinski definition) is 0. The van der Waals surface area contributed by atoms with Crippen LogP contribution in [0.25, 0.3) is 0 Å². The Balaban J connectivity index is 1.11. The lowest BCUT2D eigenvalue weighted by molar-refractivity contribution is 0.0680. The standard InChI is InChI=1S/C31H36N4O6/c1-38-26-14-22-24(32-18-20-8-3-5-10-34(20)30(22)36)16-28(26)40-12-7-13-41-29-17-25-23(15-27(29)39-2)31(37)35-11-6-4-9-21(35)19-33-25/h14-21H,3-13H2,1-2H3/t20-,21-/m0/s1. The van der Waals surface area contributed by atoms with Crippen LogP contribution in [0.1, 0.15) is 65.7 Å². The molecular weight excluding hydrogens is 524 g/mol. The number of nitrogens with zero attached hydrogens (tertiary/aromatic N) is 4. The molecule has 0 unspecified atom stereocenters. The highest BCUT2D eigenvalue weighted by Crippen LogP contribution is 2.39. The van der Waals surface area contributed by atoms with Gasteiger partial charge in [0.05, 0.1) is 62.0 Å². The topological polar surface area (TPSA) is 102 Å². The Morgan fingerprint density at radius 3 is 1.59 bits per heavy atom. The first kappa shape index (κ1) is 27.1. The second-order valence-corrected chi connectivity index (χ2v) is 10.8. The minimum Gasteiger partial charge on any atom is -0.493 e. The van der Waals surface area contributed by atoms with Crippen molar-refractivity contribution in [2.45, 2.75) is 57.0 Å². The Kier molecular flexibility index (Phi) is 7.80. The molecule has 10 heteroatoms. The lowest BCUT2D eigenvalue weighted by Crippen LogP contribution is -2.43. The molecule has 0 N–H and O–H groups in total. The second kappa shape index (κ2) is 11.8. The minimum atomic E-state index is -0.0165. The van der Waals surface area contributed by atoms with Gasteiger partial charge in [0.2, 0.25) is 0 Å². The highest BCUT2D eigenvalue weighted by atomic mass is 16.5. The van der Waals surface area contributed by atoms with E-state index in [2.05, 4.69) is 9.98 Å². The highest BCUT2D eigenvalue weighted by molar-refractivity contribution is 6.04. The second-order valence-electron chi connectivity index (χ2n) is 10.8. The Bertz CT molecular complexity index is 1290. The number of benzene rings is 2. The van der Waals surface area contributed by atoms with Crippen LogP contribution in [0, 0.1) is 0 Å². The van der Waals surface area contributed by atoms with E-state index in [0.29, 0.717) is 65.1 Å². The van der Waals surface area contributed by atoms with Crippen molar-refractivity contribution in [3.8, 4) is 23.0 Å². The lowest BCUT2D eigenvalue weighted by atomic mass is 10.0. The summed E-state index contributed by atoms with van der Waals surface area (Å²) in [7, 11) is 3.13. The molecule has 0 radical (unpaired) electrons. The van der Waals surface area contributed by atoms with Crippen molar-refractivity contribution in [3.63, 3.8) is 0 Å². The molecule has 0 bridgehead atoms. The molecule has 216 valence electrons. The van der Waals surface area contributed by atoms with Crippen molar-refractivity contribution in [1.29, 1.82) is 0 Å². The molecule has 10 nitrogen and oxygen atoms in total. The summed E-state index contributed by atoms with van der Waals surface area (Å²) in [6.45, 7) is 2.21. The third kappa shape index (κ3) is 5.35. The van der Waals surface area contributed by atoms with Crippen LogP contribution in [-0.2, 0) is 0 Å². The van der Waals surface area contributed by atoms with Gasteiger partial charge in [-0.05, 0) is 50.7 Å². The van der Waals surface area contributed by atoms with E-state index in [1.54, 1.807) is 38.5 Å². The zero-order valence-electron chi connectivity index (χ0n) is 23.6. The molecule has 2 atom stereocenters. The van der Waals surface area contributed by atoms with E-state index < -0.39 is 0 Å². The molecule has 2 aromatic rings. The summed E-state index contributed by atoms with van der Waals surface area (Å²) in [5, 5.41) is 0. The van der Waals surface area contributed by atoms with Crippen LogP contribution < -0.4 is 18.9 Å². The molecule has 4 aliphatic rings.